The van der Waals surface area contributed by atoms with Gasteiger partial charge >= 0.3 is 0 Å². The maximum Gasteiger partial charge on any atom is 0.127 e. The van der Waals surface area contributed by atoms with E-state index in [4.69, 9.17) is 9.73 Å². The summed E-state index contributed by atoms with van der Waals surface area (Å²) in [5.41, 5.74) is 2.55. The van der Waals surface area contributed by atoms with Gasteiger partial charge in [-0.25, -0.2) is 0 Å². The highest BCUT2D eigenvalue weighted by atomic mass is 16.5. The molecule has 0 saturated heterocycles. The zero-order valence-corrected chi connectivity index (χ0v) is 14.2. The van der Waals surface area contributed by atoms with Gasteiger partial charge in [-0.3, -0.25) is 4.99 Å². The second-order valence-electron chi connectivity index (χ2n) is 7.05. The second kappa shape index (κ2) is 7.21. The summed E-state index contributed by atoms with van der Waals surface area (Å²) in [6.45, 7) is 0. The van der Waals surface area contributed by atoms with Crippen molar-refractivity contribution in [2.24, 2.45) is 16.8 Å². The molecular formula is C22H25NO. The summed E-state index contributed by atoms with van der Waals surface area (Å²) in [5.74, 6) is 3.22. The molecule has 0 N–H and O–H groups in total. The van der Waals surface area contributed by atoms with Crippen molar-refractivity contribution in [1.29, 1.82) is 0 Å². The van der Waals surface area contributed by atoms with Gasteiger partial charge < -0.3 is 4.74 Å². The first-order valence-corrected chi connectivity index (χ1v) is 9.30. The minimum Gasteiger partial charge on any atom is -0.457 e. The molecule has 0 heterocycles. The number of para-hydroxylation sites is 1. The number of aliphatic imine (C=N–C) groups is 1. The fraction of sp³-hybridized carbons (Fsp3) is 0.409. The zero-order chi connectivity index (χ0) is 16.2. The smallest absolute Gasteiger partial charge is 0.127 e. The third-order valence-corrected chi connectivity index (χ3v) is 5.09. The van der Waals surface area contributed by atoms with Crippen LogP contribution in [0.2, 0.25) is 0 Å². The molecule has 0 amide bonds. The van der Waals surface area contributed by atoms with Gasteiger partial charge in [-0.1, -0.05) is 37.5 Å². The predicted molar refractivity (Wildman–Crippen MR) is 99.4 cm³/mol. The lowest BCUT2D eigenvalue weighted by atomic mass is 9.84. The van der Waals surface area contributed by atoms with E-state index in [0.29, 0.717) is 0 Å². The summed E-state index contributed by atoms with van der Waals surface area (Å²) in [6.07, 6.45) is 9.50. The van der Waals surface area contributed by atoms with Gasteiger partial charge in [0, 0.05) is 5.71 Å². The van der Waals surface area contributed by atoms with Gasteiger partial charge in [-0.05, 0) is 73.9 Å². The molecule has 24 heavy (non-hydrogen) atoms. The standard InChI is InChI=1S/C22H25NO/c1-3-7-17(8-4-1)22(18-11-12-18)23-19-13-15-21(16-14-19)24-20-9-5-2-6-10-20/h2,5-6,9-10,13-18H,1,3-4,7-8,11-12H2. The fourth-order valence-electron chi connectivity index (χ4n) is 3.66. The molecule has 2 heteroatoms. The highest BCUT2D eigenvalue weighted by molar-refractivity contribution is 5.93. The molecule has 2 nitrogen and oxygen atoms in total. The Morgan fingerprint density at radius 3 is 2.00 bits per heavy atom. The molecule has 0 bridgehead atoms. The van der Waals surface area contributed by atoms with E-state index in [1.807, 2.05) is 42.5 Å². The fourth-order valence-corrected chi connectivity index (χ4v) is 3.66. The van der Waals surface area contributed by atoms with Gasteiger partial charge in [0.05, 0.1) is 5.69 Å². The molecule has 4 rings (SSSR count). The first-order valence-electron chi connectivity index (χ1n) is 9.30. The average Bonchev–Trinajstić information content (AvgIpc) is 3.48. The molecule has 0 aliphatic heterocycles. The summed E-state index contributed by atoms with van der Waals surface area (Å²) in [5, 5.41) is 0. The summed E-state index contributed by atoms with van der Waals surface area (Å²) in [7, 11) is 0. The first-order chi connectivity index (χ1) is 11.9. The van der Waals surface area contributed by atoms with Gasteiger partial charge in [0.1, 0.15) is 11.5 Å². The Bertz CT molecular complexity index is 680. The number of nitrogens with zero attached hydrogens (tertiary/aromatic N) is 1. The van der Waals surface area contributed by atoms with Crippen LogP contribution in [0.4, 0.5) is 5.69 Å². The lowest BCUT2D eigenvalue weighted by Gasteiger charge is -2.23. The Morgan fingerprint density at radius 2 is 1.33 bits per heavy atom. The molecule has 2 saturated carbocycles. The Hall–Kier alpha value is -2.09. The van der Waals surface area contributed by atoms with Gasteiger partial charge in [-0.15, -0.1) is 0 Å². The first kappa shape index (κ1) is 15.4. The van der Waals surface area contributed by atoms with Crippen molar-refractivity contribution in [2.75, 3.05) is 0 Å². The van der Waals surface area contributed by atoms with Crippen molar-refractivity contribution in [3.05, 3.63) is 54.6 Å². The predicted octanol–water partition coefficient (Wildman–Crippen LogP) is 6.54. The highest BCUT2D eigenvalue weighted by Crippen LogP contribution is 2.39. The Labute approximate surface area is 144 Å². The molecule has 2 aliphatic carbocycles. The van der Waals surface area contributed by atoms with E-state index < -0.39 is 0 Å². The molecule has 2 aromatic carbocycles. The number of ether oxygens (including phenoxy) is 1. The number of benzene rings is 2. The van der Waals surface area contributed by atoms with Crippen LogP contribution in [0, 0.1) is 11.8 Å². The van der Waals surface area contributed by atoms with E-state index in [0.717, 1.165) is 29.0 Å². The Balaban J connectivity index is 1.48. The SMILES string of the molecule is c1ccc(Oc2ccc(N=C(C3CCCCC3)C3CC3)cc2)cc1. The van der Waals surface area contributed by atoms with E-state index in [-0.39, 0.29) is 0 Å². The summed E-state index contributed by atoms with van der Waals surface area (Å²) < 4.78 is 5.87. The molecule has 124 valence electrons. The van der Waals surface area contributed by atoms with Gasteiger partial charge in [-0.2, -0.15) is 0 Å². The molecule has 2 fully saturated rings. The van der Waals surface area contributed by atoms with Gasteiger partial charge in [0.15, 0.2) is 0 Å². The highest BCUT2D eigenvalue weighted by Gasteiger charge is 2.33. The summed E-state index contributed by atoms with van der Waals surface area (Å²) in [4.78, 5) is 5.05. The molecule has 0 aromatic heterocycles. The van der Waals surface area contributed by atoms with Crippen molar-refractivity contribution in [3.8, 4) is 11.5 Å². The lowest BCUT2D eigenvalue weighted by molar-refractivity contribution is 0.434. The Kier molecular flexibility index (Phi) is 4.64. The molecular weight excluding hydrogens is 294 g/mol. The number of hydrogen-bond donors (Lipinski definition) is 0. The summed E-state index contributed by atoms with van der Waals surface area (Å²) >= 11 is 0. The van der Waals surface area contributed by atoms with E-state index in [1.54, 1.807) is 0 Å². The van der Waals surface area contributed by atoms with E-state index in [2.05, 4.69) is 12.1 Å². The molecule has 0 spiro atoms. The van der Waals surface area contributed by atoms with Crippen molar-refractivity contribution >= 4 is 11.4 Å². The molecule has 0 radical (unpaired) electrons. The van der Waals surface area contributed by atoms with Crippen LogP contribution in [-0.2, 0) is 0 Å². The number of hydrogen-bond acceptors (Lipinski definition) is 2. The lowest BCUT2D eigenvalue weighted by Crippen LogP contribution is -2.19. The maximum atomic E-state index is 5.87. The van der Waals surface area contributed by atoms with Crippen LogP contribution < -0.4 is 4.74 Å². The van der Waals surface area contributed by atoms with Crippen LogP contribution in [-0.4, -0.2) is 5.71 Å². The van der Waals surface area contributed by atoms with Crippen molar-refractivity contribution < 1.29 is 4.74 Å². The maximum absolute atomic E-state index is 5.87. The van der Waals surface area contributed by atoms with Crippen molar-refractivity contribution in [3.63, 3.8) is 0 Å². The van der Waals surface area contributed by atoms with Crippen molar-refractivity contribution in [2.45, 2.75) is 44.9 Å². The van der Waals surface area contributed by atoms with Crippen LogP contribution in [0.25, 0.3) is 0 Å². The van der Waals surface area contributed by atoms with Crippen LogP contribution in [0.5, 0.6) is 11.5 Å². The second-order valence-corrected chi connectivity index (χ2v) is 7.05. The van der Waals surface area contributed by atoms with Gasteiger partial charge in [0.25, 0.3) is 0 Å². The average molecular weight is 319 g/mol. The van der Waals surface area contributed by atoms with Crippen LogP contribution >= 0.6 is 0 Å². The minimum absolute atomic E-state index is 0.728. The van der Waals surface area contributed by atoms with Gasteiger partial charge in [0.2, 0.25) is 0 Å². The molecule has 0 unspecified atom stereocenters. The third kappa shape index (κ3) is 3.87. The normalized spacial score (nSPS) is 19.2. The molecule has 2 aromatic rings. The number of rotatable bonds is 5. The Morgan fingerprint density at radius 1 is 0.708 bits per heavy atom. The van der Waals surface area contributed by atoms with Crippen molar-refractivity contribution in [1.82, 2.24) is 0 Å². The van der Waals surface area contributed by atoms with E-state index in [9.17, 15) is 0 Å². The summed E-state index contributed by atoms with van der Waals surface area (Å²) in [6, 6.07) is 18.1. The largest absolute Gasteiger partial charge is 0.457 e. The zero-order valence-electron chi connectivity index (χ0n) is 14.2. The van der Waals surface area contributed by atoms with Crippen LogP contribution in [0.3, 0.4) is 0 Å². The van der Waals surface area contributed by atoms with E-state index in [1.165, 1.54) is 50.7 Å². The topological polar surface area (TPSA) is 21.6 Å². The van der Waals surface area contributed by atoms with E-state index >= 15 is 0 Å². The monoisotopic (exact) mass is 319 g/mol. The molecule has 2 aliphatic rings. The quantitative estimate of drug-likeness (QED) is 0.573. The van der Waals surface area contributed by atoms with Crippen LogP contribution in [0.15, 0.2) is 59.6 Å². The third-order valence-electron chi connectivity index (χ3n) is 5.09. The van der Waals surface area contributed by atoms with Crippen LogP contribution in [0.1, 0.15) is 44.9 Å². The molecule has 0 atom stereocenters. The minimum atomic E-state index is 0.728.